The Bertz CT molecular complexity index is 535. The van der Waals surface area contributed by atoms with E-state index in [-0.39, 0.29) is 11.6 Å². The van der Waals surface area contributed by atoms with Gasteiger partial charge in [0.15, 0.2) is 0 Å². The zero-order valence-corrected chi connectivity index (χ0v) is 11.6. The van der Waals surface area contributed by atoms with Gasteiger partial charge in [-0.1, -0.05) is 29.3 Å². The minimum absolute atomic E-state index is 0.251. The molecule has 0 amide bonds. The van der Waals surface area contributed by atoms with E-state index in [1.54, 1.807) is 24.3 Å². The summed E-state index contributed by atoms with van der Waals surface area (Å²) >= 11 is 5.92. The van der Waals surface area contributed by atoms with Gasteiger partial charge >= 0.3 is 5.97 Å². The maximum absolute atomic E-state index is 12.3. The van der Waals surface area contributed by atoms with Crippen LogP contribution in [0, 0.1) is 0 Å². The molecule has 1 atom stereocenters. The average molecular weight is 277 g/mol. The summed E-state index contributed by atoms with van der Waals surface area (Å²) < 4.78 is 5.84. The highest BCUT2D eigenvalue weighted by atomic mass is 35.5. The van der Waals surface area contributed by atoms with Crippen molar-refractivity contribution in [1.82, 2.24) is 0 Å². The van der Waals surface area contributed by atoms with Gasteiger partial charge in [-0.05, 0) is 43.9 Å². The Balaban J connectivity index is 1.76. The topological polar surface area (TPSA) is 26.3 Å². The molecule has 0 heterocycles. The third-order valence-electron chi connectivity index (χ3n) is 4.06. The molecule has 2 bridgehead atoms. The van der Waals surface area contributed by atoms with Gasteiger partial charge < -0.3 is 4.74 Å². The number of fused-ring (bicyclic) bond motifs is 2. The molecule has 1 saturated carbocycles. The van der Waals surface area contributed by atoms with E-state index in [1.165, 1.54) is 12.0 Å². The molecule has 1 unspecified atom stereocenters. The van der Waals surface area contributed by atoms with Crippen molar-refractivity contribution in [3.05, 3.63) is 46.5 Å². The van der Waals surface area contributed by atoms with Gasteiger partial charge in [0, 0.05) is 17.9 Å². The lowest BCUT2D eigenvalue weighted by Gasteiger charge is -2.28. The molecular formula is C16H17ClO2. The van der Waals surface area contributed by atoms with Crippen LogP contribution < -0.4 is 0 Å². The lowest BCUT2D eigenvalue weighted by Crippen LogP contribution is -2.32. The van der Waals surface area contributed by atoms with E-state index < -0.39 is 0 Å². The van der Waals surface area contributed by atoms with Crippen molar-refractivity contribution in [1.29, 1.82) is 0 Å². The Labute approximate surface area is 118 Å². The first-order valence-electron chi connectivity index (χ1n) is 6.84. The van der Waals surface area contributed by atoms with Gasteiger partial charge in [-0.2, -0.15) is 0 Å². The van der Waals surface area contributed by atoms with E-state index in [1.807, 2.05) is 0 Å². The Morgan fingerprint density at radius 1 is 1.32 bits per heavy atom. The van der Waals surface area contributed by atoms with Crippen molar-refractivity contribution in [2.75, 3.05) is 0 Å². The molecular weight excluding hydrogens is 260 g/mol. The van der Waals surface area contributed by atoms with Crippen molar-refractivity contribution < 1.29 is 9.53 Å². The summed E-state index contributed by atoms with van der Waals surface area (Å²) in [7, 11) is 0. The van der Waals surface area contributed by atoms with Crippen LogP contribution in [0.3, 0.4) is 0 Å². The number of ether oxygens (including phenoxy) is 1. The number of carbonyl (C=O) groups excluding carboxylic acids is 1. The van der Waals surface area contributed by atoms with Gasteiger partial charge in [0.1, 0.15) is 5.60 Å². The minimum Gasteiger partial charge on any atom is -0.455 e. The summed E-state index contributed by atoms with van der Waals surface area (Å²) in [4.78, 5) is 12.3. The van der Waals surface area contributed by atoms with Crippen molar-refractivity contribution in [2.45, 2.75) is 44.1 Å². The van der Waals surface area contributed by atoms with Crippen molar-refractivity contribution in [3.8, 4) is 0 Å². The zero-order chi connectivity index (χ0) is 13.3. The fourth-order valence-corrected chi connectivity index (χ4v) is 3.26. The normalized spacial score (nSPS) is 25.6. The molecule has 1 aromatic rings. The number of benzene rings is 1. The van der Waals surface area contributed by atoms with E-state index in [0.29, 0.717) is 10.6 Å². The van der Waals surface area contributed by atoms with E-state index in [4.69, 9.17) is 16.3 Å². The minimum atomic E-state index is -0.286. The second kappa shape index (κ2) is 5.01. The summed E-state index contributed by atoms with van der Waals surface area (Å²) in [5.41, 5.74) is 1.71. The molecule has 19 heavy (non-hydrogen) atoms. The number of halogens is 1. The van der Waals surface area contributed by atoms with Crippen molar-refractivity contribution in [3.63, 3.8) is 0 Å². The number of hydrogen-bond acceptors (Lipinski definition) is 2. The van der Waals surface area contributed by atoms with Crippen molar-refractivity contribution in [2.24, 2.45) is 0 Å². The van der Waals surface area contributed by atoms with Gasteiger partial charge in [0.2, 0.25) is 0 Å². The van der Waals surface area contributed by atoms with Gasteiger partial charge in [-0.25, -0.2) is 4.79 Å². The van der Waals surface area contributed by atoms with Crippen LogP contribution in [-0.4, -0.2) is 11.6 Å². The Morgan fingerprint density at radius 2 is 2.21 bits per heavy atom. The SMILES string of the molecule is O=C(OC12CC=C(CCCC1)C2)c1cccc(Cl)c1. The van der Waals surface area contributed by atoms with Gasteiger partial charge in [0.05, 0.1) is 5.56 Å². The smallest absolute Gasteiger partial charge is 0.338 e. The van der Waals surface area contributed by atoms with E-state index in [2.05, 4.69) is 6.08 Å². The van der Waals surface area contributed by atoms with E-state index in [9.17, 15) is 4.79 Å². The molecule has 100 valence electrons. The molecule has 0 spiro atoms. The molecule has 1 fully saturated rings. The summed E-state index contributed by atoms with van der Waals surface area (Å²) in [6.07, 6.45) is 8.52. The van der Waals surface area contributed by atoms with E-state index >= 15 is 0 Å². The lowest BCUT2D eigenvalue weighted by atomic mass is 9.95. The fraction of sp³-hybridized carbons (Fsp3) is 0.438. The highest BCUT2D eigenvalue weighted by molar-refractivity contribution is 6.30. The highest BCUT2D eigenvalue weighted by Gasteiger charge is 2.39. The first-order valence-corrected chi connectivity index (χ1v) is 7.22. The Kier molecular flexibility index (Phi) is 3.36. The summed E-state index contributed by atoms with van der Waals surface area (Å²) in [6.45, 7) is 0. The van der Waals surface area contributed by atoms with Crippen LogP contribution in [0.5, 0.6) is 0 Å². The van der Waals surface area contributed by atoms with Crippen LogP contribution in [0.25, 0.3) is 0 Å². The molecule has 0 aromatic heterocycles. The first kappa shape index (κ1) is 12.7. The molecule has 0 aliphatic heterocycles. The Hall–Kier alpha value is -1.28. The molecule has 2 aliphatic rings. The second-order valence-corrected chi connectivity index (χ2v) is 5.97. The number of rotatable bonds is 2. The molecule has 0 saturated heterocycles. The van der Waals surface area contributed by atoms with Crippen molar-refractivity contribution >= 4 is 17.6 Å². The summed E-state index contributed by atoms with van der Waals surface area (Å²) in [5, 5.41) is 0.568. The molecule has 0 N–H and O–H groups in total. The third kappa shape index (κ3) is 2.69. The van der Waals surface area contributed by atoms with Crippen LogP contribution in [0.1, 0.15) is 48.9 Å². The maximum atomic E-state index is 12.3. The summed E-state index contributed by atoms with van der Waals surface area (Å²) in [5.74, 6) is -0.251. The predicted molar refractivity (Wildman–Crippen MR) is 75.4 cm³/mol. The molecule has 2 aliphatic carbocycles. The number of hydrogen-bond donors (Lipinski definition) is 0. The largest absolute Gasteiger partial charge is 0.455 e. The van der Waals surface area contributed by atoms with Crippen LogP contribution >= 0.6 is 11.6 Å². The van der Waals surface area contributed by atoms with Crippen LogP contribution in [0.15, 0.2) is 35.9 Å². The van der Waals surface area contributed by atoms with E-state index in [0.717, 1.165) is 32.1 Å². The third-order valence-corrected chi connectivity index (χ3v) is 4.30. The second-order valence-electron chi connectivity index (χ2n) is 5.53. The summed E-state index contributed by atoms with van der Waals surface area (Å²) in [6, 6.07) is 6.96. The quantitative estimate of drug-likeness (QED) is 0.586. The Morgan fingerprint density at radius 3 is 3.05 bits per heavy atom. The molecule has 2 nitrogen and oxygen atoms in total. The number of carbonyl (C=O) groups is 1. The predicted octanol–water partition coefficient (Wildman–Crippen LogP) is 4.53. The van der Waals surface area contributed by atoms with Crippen LogP contribution in [0.2, 0.25) is 5.02 Å². The molecule has 0 radical (unpaired) electrons. The zero-order valence-electron chi connectivity index (χ0n) is 10.8. The van der Waals surface area contributed by atoms with Gasteiger partial charge in [0.25, 0.3) is 0 Å². The monoisotopic (exact) mass is 276 g/mol. The number of esters is 1. The molecule has 3 heteroatoms. The fourth-order valence-electron chi connectivity index (χ4n) is 3.07. The van der Waals surface area contributed by atoms with Crippen LogP contribution in [0.4, 0.5) is 0 Å². The molecule has 3 rings (SSSR count). The van der Waals surface area contributed by atoms with Gasteiger partial charge in [-0.15, -0.1) is 0 Å². The molecule has 1 aromatic carbocycles. The average Bonchev–Trinajstić information content (AvgIpc) is 2.65. The first-order chi connectivity index (χ1) is 9.17. The van der Waals surface area contributed by atoms with Gasteiger partial charge in [-0.3, -0.25) is 0 Å². The lowest BCUT2D eigenvalue weighted by molar-refractivity contribution is -0.0168. The standard InChI is InChI=1S/C16H17ClO2/c17-14-6-3-5-13(10-14)15(18)19-16-8-2-1-4-12(11-16)7-9-16/h3,5-7,10H,1-2,4,8-9,11H2. The van der Waals surface area contributed by atoms with Crippen LogP contribution in [-0.2, 0) is 4.74 Å². The maximum Gasteiger partial charge on any atom is 0.338 e. The highest BCUT2D eigenvalue weighted by Crippen LogP contribution is 2.42.